The summed E-state index contributed by atoms with van der Waals surface area (Å²) < 4.78 is 7.38. The fraction of sp³-hybridized carbons (Fsp3) is 0.417. The number of nitrogens with zero attached hydrogens (tertiary/aromatic N) is 2. The summed E-state index contributed by atoms with van der Waals surface area (Å²) in [6.45, 7) is 5.82. The van der Waals surface area contributed by atoms with Crippen molar-refractivity contribution in [3.63, 3.8) is 0 Å². The van der Waals surface area contributed by atoms with E-state index in [1.807, 2.05) is 6.20 Å². The minimum absolute atomic E-state index is 0.0511. The second-order valence-electron chi connectivity index (χ2n) is 4.61. The maximum absolute atomic E-state index is 5.28. The van der Waals surface area contributed by atoms with Crippen molar-refractivity contribution in [2.75, 3.05) is 13.2 Å². The van der Waals surface area contributed by atoms with Crippen molar-refractivity contribution in [2.24, 2.45) is 0 Å². The first-order chi connectivity index (χ1) is 7.19. The van der Waals surface area contributed by atoms with Crippen molar-refractivity contribution in [1.82, 2.24) is 9.78 Å². The van der Waals surface area contributed by atoms with Crippen LogP contribution in [-0.4, -0.2) is 23.0 Å². The second-order valence-corrected chi connectivity index (χ2v) is 4.61. The fourth-order valence-corrected chi connectivity index (χ4v) is 2.08. The van der Waals surface area contributed by atoms with Gasteiger partial charge in [-0.25, -0.2) is 0 Å². The Balaban J connectivity index is 2.22. The van der Waals surface area contributed by atoms with Crippen LogP contribution in [0.5, 0.6) is 0 Å². The quantitative estimate of drug-likeness (QED) is 0.708. The molecule has 0 atom stereocenters. The Hall–Kier alpha value is -1.35. The lowest BCUT2D eigenvalue weighted by Gasteiger charge is -2.38. The third-order valence-electron chi connectivity index (χ3n) is 3.06. The summed E-state index contributed by atoms with van der Waals surface area (Å²) in [4.78, 5) is 0. The summed E-state index contributed by atoms with van der Waals surface area (Å²) in [5.41, 5.74) is 2.53. The summed E-state index contributed by atoms with van der Waals surface area (Å²) in [5.74, 6) is 0. The van der Waals surface area contributed by atoms with Crippen LogP contribution in [0.2, 0.25) is 0 Å². The van der Waals surface area contributed by atoms with E-state index in [4.69, 9.17) is 4.74 Å². The van der Waals surface area contributed by atoms with E-state index in [9.17, 15) is 0 Å². The second kappa shape index (κ2) is 2.83. The van der Waals surface area contributed by atoms with Crippen molar-refractivity contribution in [2.45, 2.75) is 19.4 Å². The Morgan fingerprint density at radius 3 is 2.87 bits per heavy atom. The molecule has 1 aromatic heterocycles. The number of hydrogen-bond donors (Lipinski definition) is 0. The molecule has 1 aliphatic heterocycles. The number of fused-ring (bicyclic) bond motifs is 1. The summed E-state index contributed by atoms with van der Waals surface area (Å²) in [7, 11) is 0. The number of aromatic nitrogens is 2. The highest BCUT2D eigenvalue weighted by Crippen LogP contribution is 2.29. The summed E-state index contributed by atoms with van der Waals surface area (Å²) in [6, 6.07) is 6.43. The van der Waals surface area contributed by atoms with E-state index in [2.05, 4.69) is 41.8 Å². The topological polar surface area (TPSA) is 27.1 Å². The van der Waals surface area contributed by atoms with Crippen molar-refractivity contribution in [3.05, 3.63) is 30.0 Å². The fourth-order valence-electron chi connectivity index (χ4n) is 2.08. The van der Waals surface area contributed by atoms with Crippen molar-refractivity contribution < 1.29 is 4.74 Å². The molecule has 0 radical (unpaired) electrons. The molecule has 0 spiro atoms. The zero-order valence-corrected chi connectivity index (χ0v) is 9.03. The van der Waals surface area contributed by atoms with Gasteiger partial charge in [-0.15, -0.1) is 0 Å². The van der Waals surface area contributed by atoms with Gasteiger partial charge in [0.25, 0.3) is 0 Å². The molecular weight excluding hydrogens is 188 g/mol. The minimum Gasteiger partial charge on any atom is -0.376 e. The van der Waals surface area contributed by atoms with Crippen molar-refractivity contribution >= 4 is 10.9 Å². The van der Waals surface area contributed by atoms with E-state index in [-0.39, 0.29) is 5.54 Å². The van der Waals surface area contributed by atoms with Crippen LogP contribution >= 0.6 is 0 Å². The molecule has 15 heavy (non-hydrogen) atoms. The van der Waals surface area contributed by atoms with Crippen LogP contribution in [0.4, 0.5) is 0 Å². The summed E-state index contributed by atoms with van der Waals surface area (Å²) in [5, 5.41) is 5.67. The van der Waals surface area contributed by atoms with E-state index in [1.54, 1.807) is 0 Å². The molecule has 0 bridgehead atoms. The van der Waals surface area contributed by atoms with Gasteiger partial charge in [0.05, 0.1) is 24.9 Å². The molecule has 1 aromatic carbocycles. The molecule has 2 aromatic rings. The van der Waals surface area contributed by atoms with Gasteiger partial charge in [0.15, 0.2) is 0 Å². The molecule has 3 heteroatoms. The first-order valence-corrected chi connectivity index (χ1v) is 5.22. The standard InChI is InChI=1S/C12H14N2O/c1-9-3-4-10-6-13-14(11(10)5-9)12(2)7-15-8-12/h3-6H,7-8H2,1-2H3. The van der Waals surface area contributed by atoms with Crippen LogP contribution < -0.4 is 0 Å². The van der Waals surface area contributed by atoms with E-state index < -0.39 is 0 Å². The van der Waals surface area contributed by atoms with Gasteiger partial charge >= 0.3 is 0 Å². The van der Waals surface area contributed by atoms with Gasteiger partial charge < -0.3 is 4.74 Å². The molecule has 0 aliphatic carbocycles. The van der Waals surface area contributed by atoms with E-state index in [0.29, 0.717) is 0 Å². The number of hydrogen-bond acceptors (Lipinski definition) is 2. The molecule has 3 nitrogen and oxygen atoms in total. The largest absolute Gasteiger partial charge is 0.376 e. The van der Waals surface area contributed by atoms with E-state index >= 15 is 0 Å². The predicted octanol–water partition coefficient (Wildman–Crippen LogP) is 2.09. The number of benzene rings is 1. The predicted molar refractivity (Wildman–Crippen MR) is 58.9 cm³/mol. The highest BCUT2D eigenvalue weighted by Gasteiger charge is 2.37. The molecule has 1 fully saturated rings. The highest BCUT2D eigenvalue weighted by molar-refractivity contribution is 5.79. The lowest BCUT2D eigenvalue weighted by atomic mass is 10.0. The third kappa shape index (κ3) is 1.20. The smallest absolute Gasteiger partial charge is 0.107 e. The molecule has 1 saturated heterocycles. The first kappa shape index (κ1) is 8.92. The lowest BCUT2D eigenvalue weighted by Crippen LogP contribution is -2.49. The van der Waals surface area contributed by atoms with Gasteiger partial charge in [0.1, 0.15) is 5.54 Å². The lowest BCUT2D eigenvalue weighted by molar-refractivity contribution is -0.0934. The number of ether oxygens (including phenoxy) is 1. The SMILES string of the molecule is Cc1ccc2cnn(C3(C)COC3)c2c1. The maximum atomic E-state index is 5.28. The Labute approximate surface area is 88.7 Å². The summed E-state index contributed by atoms with van der Waals surface area (Å²) >= 11 is 0. The van der Waals surface area contributed by atoms with Crippen LogP contribution in [0, 0.1) is 6.92 Å². The third-order valence-corrected chi connectivity index (χ3v) is 3.06. The van der Waals surface area contributed by atoms with Gasteiger partial charge in [-0.3, -0.25) is 4.68 Å². The molecule has 1 aliphatic rings. The maximum Gasteiger partial charge on any atom is 0.107 e. The molecule has 0 amide bonds. The van der Waals surface area contributed by atoms with Gasteiger partial charge in [-0.05, 0) is 25.5 Å². The van der Waals surface area contributed by atoms with Gasteiger partial charge in [0, 0.05) is 5.39 Å². The normalized spacial score (nSPS) is 19.1. The van der Waals surface area contributed by atoms with Crippen LogP contribution in [0.3, 0.4) is 0 Å². The average molecular weight is 202 g/mol. The van der Waals surface area contributed by atoms with Crippen LogP contribution in [0.15, 0.2) is 24.4 Å². The summed E-state index contributed by atoms with van der Waals surface area (Å²) in [6.07, 6.45) is 1.93. The van der Waals surface area contributed by atoms with E-state index in [1.165, 1.54) is 16.5 Å². The number of aryl methyl sites for hydroxylation is 1. The van der Waals surface area contributed by atoms with E-state index in [0.717, 1.165) is 13.2 Å². The Kier molecular flexibility index (Phi) is 1.68. The molecule has 3 rings (SSSR count). The molecule has 0 N–H and O–H groups in total. The molecule has 0 unspecified atom stereocenters. The Morgan fingerprint density at radius 1 is 1.40 bits per heavy atom. The first-order valence-electron chi connectivity index (χ1n) is 5.22. The zero-order valence-electron chi connectivity index (χ0n) is 9.03. The number of rotatable bonds is 1. The zero-order chi connectivity index (χ0) is 10.5. The van der Waals surface area contributed by atoms with Gasteiger partial charge in [-0.1, -0.05) is 12.1 Å². The van der Waals surface area contributed by atoms with Crippen LogP contribution in [-0.2, 0) is 10.3 Å². The molecule has 0 saturated carbocycles. The van der Waals surface area contributed by atoms with Gasteiger partial charge in [0.2, 0.25) is 0 Å². The van der Waals surface area contributed by atoms with Crippen LogP contribution in [0.1, 0.15) is 12.5 Å². The Bertz CT molecular complexity index is 511. The molecule has 2 heterocycles. The minimum atomic E-state index is 0.0511. The Morgan fingerprint density at radius 2 is 2.20 bits per heavy atom. The monoisotopic (exact) mass is 202 g/mol. The molecule has 78 valence electrons. The van der Waals surface area contributed by atoms with Gasteiger partial charge in [-0.2, -0.15) is 5.10 Å². The average Bonchev–Trinajstić information content (AvgIpc) is 2.57. The molecular formula is C12H14N2O. The van der Waals surface area contributed by atoms with Crippen molar-refractivity contribution in [1.29, 1.82) is 0 Å². The highest BCUT2D eigenvalue weighted by atomic mass is 16.5. The van der Waals surface area contributed by atoms with Crippen molar-refractivity contribution in [3.8, 4) is 0 Å². The van der Waals surface area contributed by atoms with Crippen LogP contribution in [0.25, 0.3) is 10.9 Å².